The molecule has 0 aromatic carbocycles. The maximum absolute atomic E-state index is 6.71. The zero-order chi connectivity index (χ0) is 14.9. The van der Waals surface area contributed by atoms with Crippen molar-refractivity contribution in [1.29, 1.82) is 0 Å². The van der Waals surface area contributed by atoms with Crippen LogP contribution in [0.3, 0.4) is 0 Å². The molecule has 21 heavy (non-hydrogen) atoms. The summed E-state index contributed by atoms with van der Waals surface area (Å²) in [6, 6.07) is 2.83. The van der Waals surface area contributed by atoms with Crippen LogP contribution in [0.2, 0.25) is 0 Å². The fourth-order valence-electron chi connectivity index (χ4n) is 4.58. The monoisotopic (exact) mass is 289 g/mol. The van der Waals surface area contributed by atoms with Crippen molar-refractivity contribution in [2.75, 3.05) is 0 Å². The molecule has 3 nitrogen and oxygen atoms in total. The Labute approximate surface area is 129 Å². The number of nitrogens with zero attached hydrogens (tertiary/aromatic N) is 2. The lowest BCUT2D eigenvalue weighted by molar-refractivity contribution is 0.150. The van der Waals surface area contributed by atoms with Gasteiger partial charge in [0.1, 0.15) is 0 Å². The molecule has 1 aromatic rings. The van der Waals surface area contributed by atoms with E-state index in [9.17, 15) is 0 Å². The van der Waals surface area contributed by atoms with Crippen LogP contribution in [-0.4, -0.2) is 15.3 Å². The minimum atomic E-state index is -0.0481. The lowest BCUT2D eigenvalue weighted by Crippen LogP contribution is -2.48. The van der Waals surface area contributed by atoms with Gasteiger partial charge in [-0.2, -0.15) is 5.10 Å². The topological polar surface area (TPSA) is 43.8 Å². The van der Waals surface area contributed by atoms with Crippen LogP contribution in [0, 0.1) is 5.41 Å². The average Bonchev–Trinajstić information content (AvgIpc) is 2.86. The Hall–Kier alpha value is -0.830. The number of hydrogen-bond acceptors (Lipinski definition) is 2. The van der Waals surface area contributed by atoms with Crippen LogP contribution < -0.4 is 5.73 Å². The van der Waals surface area contributed by atoms with Gasteiger partial charge in [-0.25, -0.2) is 0 Å². The molecular formula is C18H31N3. The highest BCUT2D eigenvalue weighted by Gasteiger charge is 2.37. The standard InChI is InChI=1S/C18H31N3/c1-17(2)10-6-11-18(19,14-17)13-15-9-12-21(20-15)16-7-4-3-5-8-16/h9,12,16H,3-8,10-11,13-14,19H2,1-2H3. The Morgan fingerprint density at radius 3 is 2.67 bits per heavy atom. The molecule has 3 rings (SSSR count). The molecule has 0 spiro atoms. The summed E-state index contributed by atoms with van der Waals surface area (Å²) < 4.78 is 2.21. The second kappa shape index (κ2) is 5.75. The summed E-state index contributed by atoms with van der Waals surface area (Å²) in [6.45, 7) is 4.71. The summed E-state index contributed by atoms with van der Waals surface area (Å²) in [6.07, 6.45) is 14.6. The predicted molar refractivity (Wildman–Crippen MR) is 87.2 cm³/mol. The molecular weight excluding hydrogens is 258 g/mol. The van der Waals surface area contributed by atoms with Gasteiger partial charge in [-0.3, -0.25) is 4.68 Å². The van der Waals surface area contributed by atoms with E-state index >= 15 is 0 Å². The number of rotatable bonds is 3. The summed E-state index contributed by atoms with van der Waals surface area (Å²) >= 11 is 0. The molecule has 0 radical (unpaired) electrons. The van der Waals surface area contributed by atoms with Gasteiger partial charge in [0, 0.05) is 18.2 Å². The minimum absolute atomic E-state index is 0.0481. The van der Waals surface area contributed by atoms with Gasteiger partial charge >= 0.3 is 0 Å². The highest BCUT2D eigenvalue weighted by molar-refractivity contribution is 5.08. The highest BCUT2D eigenvalue weighted by Crippen LogP contribution is 2.41. The largest absolute Gasteiger partial charge is 0.325 e. The summed E-state index contributed by atoms with van der Waals surface area (Å²) in [4.78, 5) is 0. The molecule has 0 aliphatic heterocycles. The minimum Gasteiger partial charge on any atom is -0.325 e. The molecule has 2 fully saturated rings. The molecule has 3 heteroatoms. The van der Waals surface area contributed by atoms with Crippen molar-refractivity contribution in [3.63, 3.8) is 0 Å². The van der Waals surface area contributed by atoms with Crippen molar-refractivity contribution in [2.24, 2.45) is 11.1 Å². The molecule has 2 aliphatic rings. The van der Waals surface area contributed by atoms with Crippen LogP contribution >= 0.6 is 0 Å². The van der Waals surface area contributed by atoms with Crippen LogP contribution in [0.4, 0.5) is 0 Å². The molecule has 1 aromatic heterocycles. The Bertz CT molecular complexity index is 471. The molecule has 2 aliphatic carbocycles. The molecule has 0 saturated heterocycles. The molecule has 0 amide bonds. The van der Waals surface area contributed by atoms with Crippen molar-refractivity contribution >= 4 is 0 Å². The van der Waals surface area contributed by atoms with Gasteiger partial charge in [0.2, 0.25) is 0 Å². The van der Waals surface area contributed by atoms with E-state index in [0.29, 0.717) is 11.5 Å². The third-order valence-electron chi connectivity index (χ3n) is 5.50. The average molecular weight is 289 g/mol. The Balaban J connectivity index is 1.66. The van der Waals surface area contributed by atoms with E-state index in [-0.39, 0.29) is 5.54 Å². The molecule has 1 heterocycles. The summed E-state index contributed by atoms with van der Waals surface area (Å²) in [7, 11) is 0. The first-order valence-corrected chi connectivity index (χ1v) is 8.79. The second-order valence-corrected chi connectivity index (χ2v) is 8.31. The maximum Gasteiger partial charge on any atom is 0.0643 e. The van der Waals surface area contributed by atoms with E-state index in [1.807, 2.05) is 0 Å². The van der Waals surface area contributed by atoms with E-state index in [1.54, 1.807) is 0 Å². The lowest BCUT2D eigenvalue weighted by Gasteiger charge is -2.42. The molecule has 1 atom stereocenters. The van der Waals surface area contributed by atoms with Crippen LogP contribution in [0.15, 0.2) is 12.3 Å². The molecule has 0 bridgehead atoms. The summed E-state index contributed by atoms with van der Waals surface area (Å²) in [5.74, 6) is 0. The van der Waals surface area contributed by atoms with Crippen molar-refractivity contribution in [1.82, 2.24) is 9.78 Å². The number of nitrogens with two attached hydrogens (primary N) is 1. The Morgan fingerprint density at radius 2 is 1.95 bits per heavy atom. The summed E-state index contributed by atoms with van der Waals surface area (Å²) in [5, 5.41) is 4.86. The number of hydrogen-bond donors (Lipinski definition) is 1. The van der Waals surface area contributed by atoms with Crippen molar-refractivity contribution in [2.45, 2.75) is 89.6 Å². The number of aromatic nitrogens is 2. The predicted octanol–water partition coefficient (Wildman–Crippen LogP) is 4.23. The Morgan fingerprint density at radius 1 is 1.19 bits per heavy atom. The first-order valence-electron chi connectivity index (χ1n) is 8.79. The lowest BCUT2D eigenvalue weighted by atomic mass is 9.67. The van der Waals surface area contributed by atoms with Crippen LogP contribution in [0.1, 0.15) is 83.4 Å². The third-order valence-corrected chi connectivity index (χ3v) is 5.50. The molecule has 2 saturated carbocycles. The first kappa shape index (κ1) is 15.1. The van der Waals surface area contributed by atoms with E-state index < -0.39 is 0 Å². The van der Waals surface area contributed by atoms with Crippen LogP contribution in [-0.2, 0) is 6.42 Å². The van der Waals surface area contributed by atoms with Crippen molar-refractivity contribution in [3.8, 4) is 0 Å². The van der Waals surface area contributed by atoms with Gasteiger partial charge in [0.15, 0.2) is 0 Å². The fourth-order valence-corrected chi connectivity index (χ4v) is 4.58. The van der Waals surface area contributed by atoms with Gasteiger partial charge in [-0.1, -0.05) is 39.5 Å². The Kier molecular flexibility index (Phi) is 4.13. The normalized spacial score (nSPS) is 30.4. The third kappa shape index (κ3) is 3.68. The van der Waals surface area contributed by atoms with Gasteiger partial charge in [0.05, 0.1) is 11.7 Å². The zero-order valence-electron chi connectivity index (χ0n) is 13.8. The smallest absolute Gasteiger partial charge is 0.0643 e. The van der Waals surface area contributed by atoms with E-state index in [2.05, 4.69) is 30.8 Å². The van der Waals surface area contributed by atoms with E-state index in [4.69, 9.17) is 10.8 Å². The maximum atomic E-state index is 6.71. The summed E-state index contributed by atoms with van der Waals surface area (Å²) in [5.41, 5.74) is 8.24. The SMILES string of the molecule is CC1(C)CCCC(N)(Cc2ccn(C3CCCCC3)n2)C1. The molecule has 2 N–H and O–H groups in total. The molecule has 118 valence electrons. The van der Waals surface area contributed by atoms with Crippen molar-refractivity contribution < 1.29 is 0 Å². The van der Waals surface area contributed by atoms with Crippen LogP contribution in [0.5, 0.6) is 0 Å². The van der Waals surface area contributed by atoms with Gasteiger partial charge < -0.3 is 5.73 Å². The van der Waals surface area contributed by atoms with E-state index in [1.165, 1.54) is 50.6 Å². The zero-order valence-corrected chi connectivity index (χ0v) is 13.8. The fraction of sp³-hybridized carbons (Fsp3) is 0.833. The second-order valence-electron chi connectivity index (χ2n) is 8.31. The van der Waals surface area contributed by atoms with E-state index in [0.717, 1.165) is 19.3 Å². The van der Waals surface area contributed by atoms with Crippen molar-refractivity contribution in [3.05, 3.63) is 18.0 Å². The highest BCUT2D eigenvalue weighted by atomic mass is 15.3. The quantitative estimate of drug-likeness (QED) is 0.905. The van der Waals surface area contributed by atoms with Gasteiger partial charge in [-0.05, 0) is 43.6 Å². The first-order chi connectivity index (χ1) is 9.96. The van der Waals surface area contributed by atoms with Gasteiger partial charge in [-0.15, -0.1) is 0 Å². The van der Waals surface area contributed by atoms with Gasteiger partial charge in [0.25, 0.3) is 0 Å². The van der Waals surface area contributed by atoms with Crippen LogP contribution in [0.25, 0.3) is 0 Å². The molecule has 1 unspecified atom stereocenters.